The van der Waals surface area contributed by atoms with E-state index in [0.717, 1.165) is 5.95 Å². The van der Waals surface area contributed by atoms with Gasteiger partial charge in [-0.05, 0) is 32.7 Å². The number of anilines is 1. The third-order valence-corrected chi connectivity index (χ3v) is 3.79. The first-order chi connectivity index (χ1) is 8.74. The van der Waals surface area contributed by atoms with E-state index in [0.29, 0.717) is 18.0 Å². The fraction of sp³-hybridized carbons (Fsp3) is 0.692. The number of aromatic nitrogens is 2. The average Bonchev–Trinajstić information content (AvgIpc) is 2.46. The summed E-state index contributed by atoms with van der Waals surface area (Å²) in [5, 5.41) is 3.35. The van der Waals surface area contributed by atoms with Crippen molar-refractivity contribution in [1.29, 1.82) is 0 Å². The summed E-state index contributed by atoms with van der Waals surface area (Å²) in [5.41, 5.74) is 0. The second kappa shape index (κ2) is 6.00. The van der Waals surface area contributed by atoms with Gasteiger partial charge in [-0.3, -0.25) is 0 Å². The van der Waals surface area contributed by atoms with Crippen LogP contribution < -0.4 is 15.0 Å². The second-order valence-electron chi connectivity index (χ2n) is 4.80. The predicted octanol–water partition coefficient (Wildman–Crippen LogP) is 1.45. The highest BCUT2D eigenvalue weighted by Crippen LogP contribution is 2.25. The Hall–Kier alpha value is -1.36. The van der Waals surface area contributed by atoms with Crippen LogP contribution in [0.3, 0.4) is 0 Å². The molecule has 0 radical (unpaired) electrons. The minimum Gasteiger partial charge on any atom is -0.481 e. The van der Waals surface area contributed by atoms with E-state index in [-0.39, 0.29) is 0 Å². The molecule has 1 aromatic heterocycles. The molecular formula is C13H22N4O. The quantitative estimate of drug-likeness (QED) is 0.876. The van der Waals surface area contributed by atoms with E-state index in [1.165, 1.54) is 25.7 Å². The van der Waals surface area contributed by atoms with Crippen molar-refractivity contribution in [3.63, 3.8) is 0 Å². The molecule has 1 aromatic rings. The van der Waals surface area contributed by atoms with Gasteiger partial charge in [0.2, 0.25) is 11.8 Å². The van der Waals surface area contributed by atoms with Crippen molar-refractivity contribution in [2.24, 2.45) is 0 Å². The number of rotatable bonds is 4. The molecule has 0 bridgehead atoms. The lowest BCUT2D eigenvalue weighted by Crippen LogP contribution is -2.40. The normalized spacial score (nSPS) is 23.7. The Kier molecular flexibility index (Phi) is 4.36. The molecule has 0 aliphatic heterocycles. The van der Waals surface area contributed by atoms with Crippen molar-refractivity contribution in [3.05, 3.63) is 12.3 Å². The molecule has 1 heterocycles. The number of hydrogen-bond acceptors (Lipinski definition) is 5. The van der Waals surface area contributed by atoms with Gasteiger partial charge in [-0.25, -0.2) is 4.98 Å². The van der Waals surface area contributed by atoms with Crippen molar-refractivity contribution in [2.45, 2.75) is 37.8 Å². The molecule has 1 aliphatic carbocycles. The summed E-state index contributed by atoms with van der Waals surface area (Å²) in [6, 6.07) is 2.97. The second-order valence-corrected chi connectivity index (χ2v) is 4.80. The van der Waals surface area contributed by atoms with Crippen molar-refractivity contribution >= 4 is 5.95 Å². The maximum absolute atomic E-state index is 5.14. The van der Waals surface area contributed by atoms with Crippen LogP contribution in [-0.2, 0) is 0 Å². The van der Waals surface area contributed by atoms with Gasteiger partial charge in [-0.2, -0.15) is 4.98 Å². The smallest absolute Gasteiger partial charge is 0.228 e. The van der Waals surface area contributed by atoms with Crippen LogP contribution in [0.4, 0.5) is 5.95 Å². The van der Waals surface area contributed by atoms with E-state index in [4.69, 9.17) is 4.74 Å². The zero-order valence-corrected chi connectivity index (χ0v) is 11.4. The molecule has 1 fully saturated rings. The molecule has 0 saturated heterocycles. The summed E-state index contributed by atoms with van der Waals surface area (Å²) in [6.07, 6.45) is 6.55. The van der Waals surface area contributed by atoms with Gasteiger partial charge in [0.25, 0.3) is 0 Å². The molecule has 1 N–H and O–H groups in total. The number of nitrogens with zero attached hydrogens (tertiary/aromatic N) is 3. The lowest BCUT2D eigenvalue weighted by atomic mass is 9.90. The number of ether oxygens (including phenoxy) is 1. The van der Waals surface area contributed by atoms with Crippen LogP contribution in [-0.4, -0.2) is 43.3 Å². The Labute approximate surface area is 109 Å². The van der Waals surface area contributed by atoms with Crippen LogP contribution in [0.25, 0.3) is 0 Å². The molecule has 1 aliphatic rings. The minimum absolute atomic E-state index is 0.529. The summed E-state index contributed by atoms with van der Waals surface area (Å²) in [4.78, 5) is 10.9. The molecule has 1 saturated carbocycles. The average molecular weight is 250 g/mol. The molecule has 0 amide bonds. The van der Waals surface area contributed by atoms with Crippen molar-refractivity contribution in [1.82, 2.24) is 15.3 Å². The van der Waals surface area contributed by atoms with E-state index in [9.17, 15) is 0 Å². The molecule has 0 aromatic carbocycles. The third kappa shape index (κ3) is 2.90. The lowest BCUT2D eigenvalue weighted by Gasteiger charge is -2.34. The zero-order chi connectivity index (χ0) is 13.0. The van der Waals surface area contributed by atoms with E-state index < -0.39 is 0 Å². The summed E-state index contributed by atoms with van der Waals surface area (Å²) in [5.74, 6) is 1.37. The zero-order valence-electron chi connectivity index (χ0n) is 11.4. The van der Waals surface area contributed by atoms with Crippen LogP contribution in [0, 0.1) is 0 Å². The molecule has 5 heteroatoms. The Morgan fingerprint density at radius 2 is 2.06 bits per heavy atom. The van der Waals surface area contributed by atoms with Crippen LogP contribution in [0.15, 0.2) is 12.3 Å². The first-order valence-corrected chi connectivity index (χ1v) is 6.51. The first kappa shape index (κ1) is 13.1. The van der Waals surface area contributed by atoms with Gasteiger partial charge in [0, 0.05) is 31.4 Å². The fourth-order valence-electron chi connectivity index (χ4n) is 2.53. The summed E-state index contributed by atoms with van der Waals surface area (Å²) in [6.45, 7) is 0. The summed E-state index contributed by atoms with van der Waals surface area (Å²) < 4.78 is 5.14. The molecule has 0 spiro atoms. The molecular weight excluding hydrogens is 228 g/mol. The summed E-state index contributed by atoms with van der Waals surface area (Å²) in [7, 11) is 5.74. The topological polar surface area (TPSA) is 50.3 Å². The highest BCUT2D eigenvalue weighted by molar-refractivity contribution is 5.32. The molecule has 0 atom stereocenters. The van der Waals surface area contributed by atoms with Gasteiger partial charge in [-0.15, -0.1) is 0 Å². The van der Waals surface area contributed by atoms with Gasteiger partial charge in [0.1, 0.15) is 0 Å². The van der Waals surface area contributed by atoms with Gasteiger partial charge in [0.15, 0.2) is 0 Å². The van der Waals surface area contributed by atoms with E-state index in [1.54, 1.807) is 19.4 Å². The maximum atomic E-state index is 5.14. The van der Waals surface area contributed by atoms with Gasteiger partial charge in [0.05, 0.1) is 7.11 Å². The summed E-state index contributed by atoms with van der Waals surface area (Å²) >= 11 is 0. The Balaban J connectivity index is 2.00. The monoisotopic (exact) mass is 250 g/mol. The lowest BCUT2D eigenvalue weighted by molar-refractivity contribution is 0.348. The standard InChI is InChI=1S/C13H22N4O/c1-14-10-4-6-11(7-5-10)17(2)13-15-9-8-12(16-13)18-3/h8-11,14H,4-7H2,1-3H3. The Bertz CT molecular complexity index is 377. The van der Waals surface area contributed by atoms with Crippen LogP contribution in [0.5, 0.6) is 5.88 Å². The van der Waals surface area contributed by atoms with E-state index in [1.807, 2.05) is 7.05 Å². The van der Waals surface area contributed by atoms with Crippen molar-refractivity contribution in [3.8, 4) is 5.88 Å². The Morgan fingerprint density at radius 1 is 1.33 bits per heavy atom. The molecule has 18 heavy (non-hydrogen) atoms. The van der Waals surface area contributed by atoms with E-state index in [2.05, 4.69) is 27.2 Å². The van der Waals surface area contributed by atoms with E-state index >= 15 is 0 Å². The SMILES string of the molecule is CNC1CCC(N(C)c2nccc(OC)n2)CC1. The fourth-order valence-corrected chi connectivity index (χ4v) is 2.53. The van der Waals surface area contributed by atoms with Crippen molar-refractivity contribution < 1.29 is 4.74 Å². The Morgan fingerprint density at radius 3 is 2.67 bits per heavy atom. The van der Waals surface area contributed by atoms with Crippen LogP contribution in [0.2, 0.25) is 0 Å². The van der Waals surface area contributed by atoms with Gasteiger partial charge in [-0.1, -0.05) is 0 Å². The molecule has 2 rings (SSSR count). The third-order valence-electron chi connectivity index (χ3n) is 3.79. The van der Waals surface area contributed by atoms with Crippen LogP contribution >= 0.6 is 0 Å². The highest BCUT2D eigenvalue weighted by atomic mass is 16.5. The first-order valence-electron chi connectivity index (χ1n) is 6.51. The molecule has 5 nitrogen and oxygen atoms in total. The van der Waals surface area contributed by atoms with Gasteiger partial charge >= 0.3 is 0 Å². The largest absolute Gasteiger partial charge is 0.481 e. The highest BCUT2D eigenvalue weighted by Gasteiger charge is 2.24. The number of methoxy groups -OCH3 is 1. The van der Waals surface area contributed by atoms with Gasteiger partial charge < -0.3 is 15.0 Å². The number of hydrogen-bond donors (Lipinski definition) is 1. The maximum Gasteiger partial charge on any atom is 0.228 e. The predicted molar refractivity (Wildman–Crippen MR) is 72.1 cm³/mol. The van der Waals surface area contributed by atoms with Crippen LogP contribution in [0.1, 0.15) is 25.7 Å². The minimum atomic E-state index is 0.529. The van der Waals surface area contributed by atoms with Crippen molar-refractivity contribution in [2.75, 3.05) is 26.1 Å². The number of nitrogens with one attached hydrogen (secondary N) is 1. The molecule has 0 unspecified atom stereocenters. The molecule has 100 valence electrons.